The maximum Gasteiger partial charge on any atom is 0.380 e. The minimum absolute atomic E-state index is 0.0306. The summed E-state index contributed by atoms with van der Waals surface area (Å²) in [6.07, 6.45) is 0. The van der Waals surface area contributed by atoms with Crippen LogP contribution in [0.25, 0.3) is 0 Å². The van der Waals surface area contributed by atoms with Gasteiger partial charge in [0.15, 0.2) is 0 Å². The molecular weight excluding hydrogens is 567 g/mol. The van der Waals surface area contributed by atoms with Crippen LogP contribution < -0.4 is 0 Å². The zero-order valence-corrected chi connectivity index (χ0v) is 23.8. The van der Waals surface area contributed by atoms with Gasteiger partial charge in [-0.15, -0.1) is 0 Å². The van der Waals surface area contributed by atoms with Crippen molar-refractivity contribution >= 4 is 47.0 Å². The van der Waals surface area contributed by atoms with Crippen molar-refractivity contribution in [2.75, 3.05) is 11.5 Å². The van der Waals surface area contributed by atoms with E-state index < -0.39 is 39.7 Å². The van der Waals surface area contributed by atoms with E-state index >= 15 is 17.6 Å². The van der Waals surface area contributed by atoms with E-state index in [-0.39, 0.29) is 9.81 Å². The lowest BCUT2D eigenvalue weighted by molar-refractivity contribution is -0.258. The Balaban J connectivity index is 1.63. The molecule has 2 aliphatic carbocycles. The van der Waals surface area contributed by atoms with Crippen molar-refractivity contribution in [3.63, 3.8) is 0 Å². The van der Waals surface area contributed by atoms with Crippen LogP contribution in [0.15, 0.2) is 66.2 Å². The SMILES string of the molecule is CC1=C2CSCc3cccc(c3)CSCC3=C(C)SC4=C5C(=C(S1)[C@]2(C)[C@]34C)C(F)(F)C(F)(F)C5(F)F. The van der Waals surface area contributed by atoms with E-state index in [2.05, 4.69) is 18.2 Å². The lowest BCUT2D eigenvalue weighted by Gasteiger charge is -2.50. The number of alkyl halides is 6. The molecule has 2 atom stereocenters. The number of benzene rings is 1. The largest absolute Gasteiger partial charge is 0.380 e. The fourth-order valence-electron chi connectivity index (χ4n) is 6.45. The minimum atomic E-state index is -5.50. The molecule has 198 valence electrons. The van der Waals surface area contributed by atoms with Gasteiger partial charge in [0.05, 0.1) is 0 Å². The summed E-state index contributed by atoms with van der Waals surface area (Å²) >= 11 is 5.26. The van der Waals surface area contributed by atoms with Gasteiger partial charge >= 0.3 is 17.8 Å². The van der Waals surface area contributed by atoms with Crippen molar-refractivity contribution < 1.29 is 26.3 Å². The average molecular weight is 591 g/mol. The molecule has 0 amide bonds. The smallest absolute Gasteiger partial charge is 0.194 e. The van der Waals surface area contributed by atoms with Crippen LogP contribution in [0.2, 0.25) is 0 Å². The van der Waals surface area contributed by atoms with Crippen LogP contribution in [0.3, 0.4) is 0 Å². The van der Waals surface area contributed by atoms with E-state index in [1.54, 1.807) is 37.4 Å². The van der Waals surface area contributed by atoms with E-state index in [4.69, 9.17) is 0 Å². The Morgan fingerprint density at radius 1 is 0.649 bits per heavy atom. The molecule has 10 heteroatoms. The molecule has 0 radical (unpaired) electrons. The fraction of sp³-hybridized carbons (Fsp3) is 0.481. The summed E-state index contributed by atoms with van der Waals surface area (Å²) in [7, 11) is 0. The van der Waals surface area contributed by atoms with Crippen molar-refractivity contribution in [2.24, 2.45) is 10.8 Å². The Hall–Kier alpha value is -0.840. The molecule has 3 heterocycles. The molecule has 0 nitrogen and oxygen atoms in total. The summed E-state index contributed by atoms with van der Waals surface area (Å²) < 4.78 is 91.6. The Morgan fingerprint density at radius 2 is 1.05 bits per heavy atom. The molecule has 1 aromatic carbocycles. The number of fused-ring (bicyclic) bond motifs is 3. The predicted molar refractivity (Wildman–Crippen MR) is 144 cm³/mol. The van der Waals surface area contributed by atoms with E-state index in [0.717, 1.165) is 55.6 Å². The normalized spacial score (nSPS) is 33.8. The first-order valence-electron chi connectivity index (χ1n) is 11.8. The Morgan fingerprint density at radius 3 is 1.46 bits per heavy atom. The van der Waals surface area contributed by atoms with Gasteiger partial charge in [0, 0.05) is 54.8 Å². The second-order valence-corrected chi connectivity index (χ2v) is 14.9. The van der Waals surface area contributed by atoms with Gasteiger partial charge in [0.1, 0.15) is 0 Å². The highest BCUT2D eigenvalue weighted by Gasteiger charge is 2.85. The maximum atomic E-state index is 15.4. The topological polar surface area (TPSA) is 0 Å². The zero-order chi connectivity index (χ0) is 26.8. The molecule has 0 aromatic heterocycles. The van der Waals surface area contributed by atoms with Crippen molar-refractivity contribution in [2.45, 2.75) is 57.0 Å². The first-order valence-corrected chi connectivity index (χ1v) is 15.8. The second-order valence-electron chi connectivity index (χ2n) is 10.5. The highest BCUT2D eigenvalue weighted by atomic mass is 32.2. The summed E-state index contributed by atoms with van der Waals surface area (Å²) in [5.74, 6) is -13.0. The van der Waals surface area contributed by atoms with Crippen LogP contribution in [-0.2, 0) is 11.5 Å². The van der Waals surface area contributed by atoms with Crippen LogP contribution in [0.5, 0.6) is 0 Å². The summed E-state index contributed by atoms with van der Waals surface area (Å²) in [5, 5.41) is 0. The first-order chi connectivity index (χ1) is 17.2. The van der Waals surface area contributed by atoms with Gasteiger partial charge in [0.2, 0.25) is 0 Å². The van der Waals surface area contributed by atoms with Crippen molar-refractivity contribution in [1.29, 1.82) is 0 Å². The lowest BCUT2D eigenvalue weighted by Crippen LogP contribution is -2.47. The molecule has 0 unspecified atom stereocenters. The number of thioether (sulfide) groups is 4. The van der Waals surface area contributed by atoms with E-state index in [1.165, 1.54) is 0 Å². The van der Waals surface area contributed by atoms with Crippen LogP contribution in [0.1, 0.15) is 38.8 Å². The van der Waals surface area contributed by atoms with Crippen LogP contribution in [0.4, 0.5) is 26.3 Å². The summed E-state index contributed by atoms with van der Waals surface area (Å²) in [5.41, 5.74) is -0.509. The second kappa shape index (κ2) is 8.10. The molecule has 0 N–H and O–H groups in total. The van der Waals surface area contributed by atoms with Crippen LogP contribution in [0, 0.1) is 10.8 Å². The molecule has 0 spiro atoms. The third-order valence-electron chi connectivity index (χ3n) is 8.62. The third kappa shape index (κ3) is 3.07. The highest BCUT2D eigenvalue weighted by Crippen LogP contribution is 2.80. The van der Waals surface area contributed by atoms with Gasteiger partial charge in [-0.1, -0.05) is 47.8 Å². The number of hydrogen-bond acceptors (Lipinski definition) is 4. The Kier molecular flexibility index (Phi) is 5.78. The maximum absolute atomic E-state index is 15.4. The number of allylic oxidation sites excluding steroid dienone is 6. The fourth-order valence-corrected chi connectivity index (χ4v) is 12.2. The monoisotopic (exact) mass is 590 g/mol. The number of halogens is 6. The zero-order valence-electron chi connectivity index (χ0n) is 20.5. The molecule has 1 fully saturated rings. The Labute approximate surface area is 229 Å². The molecule has 6 rings (SSSR count). The van der Waals surface area contributed by atoms with Crippen molar-refractivity contribution in [3.8, 4) is 0 Å². The first kappa shape index (κ1) is 26.4. The van der Waals surface area contributed by atoms with Gasteiger partial charge in [-0.05, 0) is 59.8 Å². The van der Waals surface area contributed by atoms with Crippen molar-refractivity contribution in [3.05, 3.63) is 77.3 Å². The number of rotatable bonds is 0. The molecule has 3 aliphatic heterocycles. The van der Waals surface area contributed by atoms with Gasteiger partial charge in [-0.3, -0.25) is 0 Å². The molecule has 1 aromatic rings. The van der Waals surface area contributed by atoms with Gasteiger partial charge in [0.25, 0.3) is 0 Å². The molecule has 0 saturated heterocycles. The summed E-state index contributed by atoms with van der Waals surface area (Å²) in [4.78, 5) is 1.41. The quantitative estimate of drug-likeness (QED) is 0.276. The standard InChI is InChI=1S/C27H24F6S4/c1-13-17-11-34-9-15-6-5-7-16(8-15)10-35-12-18-14(2)37-22-20-19(21(36-13)23(17,3)24(18,22)4)25(28,29)27(32,33)26(20,30)31/h5-8H,9-12H2,1-4H3/t23-,24-/m1/s1. The van der Waals surface area contributed by atoms with Crippen molar-refractivity contribution in [1.82, 2.24) is 0 Å². The summed E-state index contributed by atoms with van der Waals surface area (Å²) in [6, 6.07) is 8.29. The molecular formula is C27H24F6S4. The van der Waals surface area contributed by atoms with E-state index in [9.17, 15) is 8.78 Å². The Bertz CT molecular complexity index is 1270. The minimum Gasteiger partial charge on any atom is -0.194 e. The predicted octanol–water partition coefficient (Wildman–Crippen LogP) is 9.66. The third-order valence-corrected chi connectivity index (χ3v) is 13.4. The molecule has 37 heavy (non-hydrogen) atoms. The average Bonchev–Trinajstić information content (AvgIpc) is 3.26. The molecule has 2 bridgehead atoms. The van der Waals surface area contributed by atoms with E-state index in [1.807, 2.05) is 19.9 Å². The van der Waals surface area contributed by atoms with Crippen LogP contribution >= 0.6 is 47.0 Å². The van der Waals surface area contributed by atoms with Crippen LogP contribution in [-0.4, -0.2) is 29.3 Å². The van der Waals surface area contributed by atoms with Gasteiger partial charge < -0.3 is 0 Å². The summed E-state index contributed by atoms with van der Waals surface area (Å²) in [6.45, 7) is 7.24. The number of hydrogen-bond donors (Lipinski definition) is 0. The van der Waals surface area contributed by atoms with Gasteiger partial charge in [-0.25, -0.2) is 0 Å². The van der Waals surface area contributed by atoms with E-state index in [0.29, 0.717) is 23.0 Å². The highest BCUT2D eigenvalue weighted by molar-refractivity contribution is 8.08. The molecule has 1 saturated carbocycles. The lowest BCUT2D eigenvalue weighted by atomic mass is 9.55. The van der Waals surface area contributed by atoms with Gasteiger partial charge in [-0.2, -0.15) is 49.9 Å². The molecule has 5 aliphatic rings.